The van der Waals surface area contributed by atoms with Crippen molar-refractivity contribution < 1.29 is 9.32 Å². The van der Waals surface area contributed by atoms with Gasteiger partial charge < -0.3 is 9.42 Å². The van der Waals surface area contributed by atoms with Gasteiger partial charge in [0.15, 0.2) is 5.69 Å². The molecule has 6 nitrogen and oxygen atoms in total. The summed E-state index contributed by atoms with van der Waals surface area (Å²) in [6.45, 7) is 2.58. The van der Waals surface area contributed by atoms with Crippen LogP contribution in [0.1, 0.15) is 59.3 Å². The lowest BCUT2D eigenvalue weighted by atomic mass is 9.92. The number of thiazole rings is 1. The Morgan fingerprint density at radius 2 is 2.23 bits per heavy atom. The third-order valence-corrected chi connectivity index (χ3v) is 7.08. The molecule has 1 unspecified atom stereocenters. The van der Waals surface area contributed by atoms with Crippen LogP contribution in [0.3, 0.4) is 0 Å². The fraction of sp³-hybridized carbons (Fsp3) is 0.632. The van der Waals surface area contributed by atoms with Crippen LogP contribution in [0.25, 0.3) is 0 Å². The SMILES string of the molecule is CN(Cc1nccs1)C1CC12CCN(C(=O)c1cc(C3CC3)on1)CC2. The van der Waals surface area contributed by atoms with Crippen molar-refractivity contribution in [2.45, 2.75) is 50.6 Å². The fourth-order valence-corrected chi connectivity index (χ4v) is 5.09. The highest BCUT2D eigenvalue weighted by Crippen LogP contribution is 2.56. The van der Waals surface area contributed by atoms with Gasteiger partial charge in [-0.05, 0) is 44.6 Å². The van der Waals surface area contributed by atoms with Crippen LogP contribution in [0.5, 0.6) is 0 Å². The van der Waals surface area contributed by atoms with Crippen LogP contribution in [0.15, 0.2) is 22.2 Å². The van der Waals surface area contributed by atoms with E-state index in [9.17, 15) is 4.79 Å². The van der Waals surface area contributed by atoms with Crippen LogP contribution < -0.4 is 0 Å². The highest BCUT2D eigenvalue weighted by Gasteiger charge is 2.57. The van der Waals surface area contributed by atoms with Crippen LogP contribution in [0.2, 0.25) is 0 Å². The first-order valence-corrected chi connectivity index (χ1v) is 10.4. The Balaban J connectivity index is 1.16. The maximum absolute atomic E-state index is 12.7. The molecular formula is C19H24N4O2S. The zero-order valence-electron chi connectivity index (χ0n) is 15.1. The summed E-state index contributed by atoms with van der Waals surface area (Å²) in [7, 11) is 2.20. The quantitative estimate of drug-likeness (QED) is 0.807. The molecule has 138 valence electrons. The Morgan fingerprint density at radius 1 is 1.42 bits per heavy atom. The highest BCUT2D eigenvalue weighted by atomic mass is 32.1. The van der Waals surface area contributed by atoms with Gasteiger partial charge >= 0.3 is 0 Å². The number of aromatic nitrogens is 2. The van der Waals surface area contributed by atoms with Gasteiger partial charge in [-0.25, -0.2) is 4.98 Å². The topological polar surface area (TPSA) is 62.5 Å². The first kappa shape index (κ1) is 16.4. The Hall–Kier alpha value is -1.73. The lowest BCUT2D eigenvalue weighted by Crippen LogP contribution is -2.41. The minimum atomic E-state index is 0.0313. The lowest BCUT2D eigenvalue weighted by molar-refractivity contribution is 0.0647. The molecule has 2 aromatic rings. The second-order valence-corrected chi connectivity index (χ2v) is 9.08. The first-order chi connectivity index (χ1) is 12.6. The predicted octanol–water partition coefficient (Wildman–Crippen LogP) is 3.14. The average molecular weight is 372 g/mol. The monoisotopic (exact) mass is 372 g/mol. The minimum Gasteiger partial charge on any atom is -0.360 e. The molecule has 1 amide bonds. The molecule has 2 aliphatic carbocycles. The number of carbonyl (C=O) groups excluding carboxylic acids is 1. The van der Waals surface area contributed by atoms with E-state index in [2.05, 4.69) is 22.1 Å². The van der Waals surface area contributed by atoms with E-state index in [4.69, 9.17) is 4.52 Å². The summed E-state index contributed by atoms with van der Waals surface area (Å²) in [6.07, 6.45) is 7.60. The third-order valence-electron chi connectivity index (χ3n) is 6.32. The van der Waals surface area contributed by atoms with Gasteiger partial charge in [0.05, 0.1) is 6.54 Å². The van der Waals surface area contributed by atoms with Crippen molar-refractivity contribution in [2.24, 2.45) is 5.41 Å². The molecule has 3 heterocycles. The van der Waals surface area contributed by atoms with Crippen molar-refractivity contribution in [1.29, 1.82) is 0 Å². The molecule has 26 heavy (non-hydrogen) atoms. The van der Waals surface area contributed by atoms with Gasteiger partial charge in [-0.15, -0.1) is 11.3 Å². The zero-order chi connectivity index (χ0) is 17.7. The summed E-state index contributed by atoms with van der Waals surface area (Å²) in [4.78, 5) is 21.5. The van der Waals surface area contributed by atoms with Crippen molar-refractivity contribution in [1.82, 2.24) is 19.9 Å². The Kier molecular flexibility index (Phi) is 3.90. The van der Waals surface area contributed by atoms with Crippen molar-refractivity contribution in [3.63, 3.8) is 0 Å². The van der Waals surface area contributed by atoms with E-state index in [1.807, 2.05) is 22.5 Å². The standard InChI is InChI=1S/C19H24N4O2S/c1-22(12-17-20-6-9-26-17)16-11-19(16)4-7-23(8-5-19)18(24)14-10-15(25-21-14)13-2-3-13/h6,9-10,13,16H,2-5,7-8,11-12H2,1H3. The molecule has 5 rings (SSSR count). The van der Waals surface area contributed by atoms with Gasteiger partial charge in [-0.1, -0.05) is 5.16 Å². The highest BCUT2D eigenvalue weighted by molar-refractivity contribution is 7.09. The van der Waals surface area contributed by atoms with Crippen LogP contribution in [0, 0.1) is 5.41 Å². The maximum atomic E-state index is 12.7. The second kappa shape index (κ2) is 6.16. The molecule has 3 aliphatic rings. The zero-order valence-corrected chi connectivity index (χ0v) is 15.9. The van der Waals surface area contributed by atoms with E-state index < -0.39 is 0 Å². The van der Waals surface area contributed by atoms with Gasteiger partial charge in [0.25, 0.3) is 5.91 Å². The van der Waals surface area contributed by atoms with E-state index in [1.165, 1.54) is 11.4 Å². The van der Waals surface area contributed by atoms with Crippen molar-refractivity contribution in [3.8, 4) is 0 Å². The summed E-state index contributed by atoms with van der Waals surface area (Å²) < 4.78 is 5.34. The normalized spacial score (nSPS) is 24.4. The molecule has 1 aliphatic heterocycles. The van der Waals surface area contributed by atoms with Crippen LogP contribution in [-0.2, 0) is 6.54 Å². The third kappa shape index (κ3) is 2.97. The summed E-state index contributed by atoms with van der Waals surface area (Å²) in [5.41, 5.74) is 0.877. The molecule has 0 N–H and O–H groups in total. The van der Waals surface area contributed by atoms with Gasteiger partial charge in [0.1, 0.15) is 10.8 Å². The number of piperidine rings is 1. The second-order valence-electron chi connectivity index (χ2n) is 8.10. The smallest absolute Gasteiger partial charge is 0.276 e. The molecule has 0 radical (unpaired) electrons. The molecule has 7 heteroatoms. The molecule has 3 fully saturated rings. The number of hydrogen-bond donors (Lipinski definition) is 0. The van der Waals surface area contributed by atoms with E-state index in [-0.39, 0.29) is 5.91 Å². The Morgan fingerprint density at radius 3 is 2.92 bits per heavy atom. The summed E-state index contributed by atoms with van der Waals surface area (Å²) in [5, 5.41) is 7.23. The van der Waals surface area contributed by atoms with E-state index >= 15 is 0 Å². The summed E-state index contributed by atoms with van der Waals surface area (Å²) in [6, 6.07) is 2.48. The molecule has 1 saturated heterocycles. The maximum Gasteiger partial charge on any atom is 0.276 e. The van der Waals surface area contributed by atoms with E-state index in [0.29, 0.717) is 23.1 Å². The number of carbonyl (C=O) groups is 1. The average Bonchev–Trinajstić information content (AvgIpc) is 3.49. The van der Waals surface area contributed by atoms with Crippen molar-refractivity contribution in [3.05, 3.63) is 34.1 Å². The number of likely N-dealkylation sites (tertiary alicyclic amines) is 1. The number of amides is 1. The minimum absolute atomic E-state index is 0.0313. The van der Waals surface area contributed by atoms with Gasteiger partial charge in [-0.2, -0.15) is 0 Å². The van der Waals surface area contributed by atoms with Gasteiger partial charge in [0.2, 0.25) is 0 Å². The molecule has 0 aromatic carbocycles. The largest absolute Gasteiger partial charge is 0.360 e. The molecule has 2 aromatic heterocycles. The summed E-state index contributed by atoms with van der Waals surface area (Å²) >= 11 is 1.72. The number of nitrogens with zero attached hydrogens (tertiary/aromatic N) is 4. The van der Waals surface area contributed by atoms with Gasteiger partial charge in [-0.3, -0.25) is 9.69 Å². The van der Waals surface area contributed by atoms with Crippen molar-refractivity contribution >= 4 is 17.2 Å². The summed E-state index contributed by atoms with van der Waals surface area (Å²) in [5.74, 6) is 1.41. The molecule has 1 atom stereocenters. The predicted molar refractivity (Wildman–Crippen MR) is 98.0 cm³/mol. The van der Waals surface area contributed by atoms with Crippen LogP contribution >= 0.6 is 11.3 Å². The van der Waals surface area contributed by atoms with E-state index in [1.54, 1.807) is 11.3 Å². The fourth-order valence-electron chi connectivity index (χ4n) is 4.41. The number of rotatable bonds is 5. The molecule has 1 spiro atoms. The van der Waals surface area contributed by atoms with Crippen LogP contribution in [-0.4, -0.2) is 52.0 Å². The Labute approximate surface area is 157 Å². The lowest BCUT2D eigenvalue weighted by Gasteiger charge is -2.33. The Bertz CT molecular complexity index is 790. The number of hydrogen-bond acceptors (Lipinski definition) is 6. The van der Waals surface area contributed by atoms with Crippen molar-refractivity contribution in [2.75, 3.05) is 20.1 Å². The molecular weight excluding hydrogens is 348 g/mol. The molecule has 2 saturated carbocycles. The molecule has 0 bridgehead atoms. The van der Waals surface area contributed by atoms with Crippen LogP contribution in [0.4, 0.5) is 0 Å². The van der Waals surface area contributed by atoms with Gasteiger partial charge in [0, 0.05) is 42.7 Å². The van der Waals surface area contributed by atoms with E-state index in [0.717, 1.165) is 51.1 Å². The first-order valence-electron chi connectivity index (χ1n) is 9.49.